The van der Waals surface area contributed by atoms with Crippen molar-refractivity contribution in [2.45, 2.75) is 31.2 Å². The summed E-state index contributed by atoms with van der Waals surface area (Å²) >= 11 is 0. The minimum absolute atomic E-state index is 0.215. The average Bonchev–Trinajstić information content (AvgIpc) is 2.82. The zero-order valence-electron chi connectivity index (χ0n) is 11.3. The molecule has 2 N–H and O–H groups in total. The van der Waals surface area contributed by atoms with Crippen LogP contribution in [-0.4, -0.2) is 25.3 Å². The highest BCUT2D eigenvalue weighted by atomic mass is 19.2. The quantitative estimate of drug-likeness (QED) is 0.893. The number of amides is 2. The number of carbonyl (C=O) groups is 1. The van der Waals surface area contributed by atoms with Gasteiger partial charge in [0.15, 0.2) is 11.6 Å². The van der Waals surface area contributed by atoms with E-state index in [9.17, 15) is 13.6 Å². The predicted molar refractivity (Wildman–Crippen MR) is 71.6 cm³/mol. The summed E-state index contributed by atoms with van der Waals surface area (Å²) < 4.78 is 31.0. The van der Waals surface area contributed by atoms with Gasteiger partial charge in [0.05, 0.1) is 12.1 Å². The van der Waals surface area contributed by atoms with E-state index in [1.54, 1.807) is 7.11 Å². The molecule has 1 aliphatic rings. The third kappa shape index (κ3) is 3.45. The van der Waals surface area contributed by atoms with Gasteiger partial charge in [-0.25, -0.2) is 13.6 Å². The number of carbonyl (C=O) groups excluding carboxylic acids is 1. The van der Waals surface area contributed by atoms with Gasteiger partial charge in [-0.15, -0.1) is 0 Å². The number of hydrogen-bond donors (Lipinski definition) is 2. The van der Waals surface area contributed by atoms with Crippen LogP contribution in [0.5, 0.6) is 0 Å². The molecule has 1 fully saturated rings. The molecule has 1 aliphatic carbocycles. The molecule has 6 heteroatoms. The van der Waals surface area contributed by atoms with Gasteiger partial charge in [-0.3, -0.25) is 0 Å². The van der Waals surface area contributed by atoms with Crippen LogP contribution >= 0.6 is 0 Å². The lowest BCUT2D eigenvalue weighted by Crippen LogP contribution is -2.51. The van der Waals surface area contributed by atoms with Gasteiger partial charge in [-0.1, -0.05) is 12.8 Å². The number of halogens is 2. The fraction of sp³-hybridized carbons (Fsp3) is 0.500. The second-order valence-corrected chi connectivity index (χ2v) is 5.13. The Kier molecular flexibility index (Phi) is 4.54. The molecule has 110 valence electrons. The summed E-state index contributed by atoms with van der Waals surface area (Å²) in [4.78, 5) is 12.0. The zero-order valence-corrected chi connectivity index (χ0v) is 11.3. The summed E-state index contributed by atoms with van der Waals surface area (Å²) in [7, 11) is 1.59. The van der Waals surface area contributed by atoms with Crippen LogP contribution in [0.3, 0.4) is 0 Å². The number of hydrogen-bond acceptors (Lipinski definition) is 2. The van der Waals surface area contributed by atoms with Crippen molar-refractivity contribution in [3.05, 3.63) is 29.8 Å². The molecule has 20 heavy (non-hydrogen) atoms. The van der Waals surface area contributed by atoms with Crippen molar-refractivity contribution in [3.63, 3.8) is 0 Å². The van der Waals surface area contributed by atoms with E-state index in [0.717, 1.165) is 37.8 Å². The van der Waals surface area contributed by atoms with Crippen molar-refractivity contribution < 1.29 is 18.3 Å². The van der Waals surface area contributed by atoms with Gasteiger partial charge in [-0.05, 0) is 25.0 Å². The van der Waals surface area contributed by atoms with Gasteiger partial charge in [0, 0.05) is 18.9 Å². The molecule has 0 aliphatic heterocycles. The SMILES string of the molecule is COCC1(NC(=O)Nc2ccc(F)c(F)c2)CCCC1. The van der Waals surface area contributed by atoms with Crippen molar-refractivity contribution in [2.75, 3.05) is 19.0 Å². The van der Waals surface area contributed by atoms with Crippen molar-refractivity contribution in [1.29, 1.82) is 0 Å². The van der Waals surface area contributed by atoms with Crippen LogP contribution in [0.2, 0.25) is 0 Å². The van der Waals surface area contributed by atoms with Gasteiger partial charge < -0.3 is 15.4 Å². The highest BCUT2D eigenvalue weighted by molar-refractivity contribution is 5.89. The largest absolute Gasteiger partial charge is 0.382 e. The highest BCUT2D eigenvalue weighted by Crippen LogP contribution is 2.30. The lowest BCUT2D eigenvalue weighted by atomic mass is 9.99. The number of nitrogens with one attached hydrogen (secondary N) is 2. The van der Waals surface area contributed by atoms with Crippen molar-refractivity contribution in [3.8, 4) is 0 Å². The molecule has 1 saturated carbocycles. The zero-order chi connectivity index (χ0) is 14.6. The van der Waals surface area contributed by atoms with Gasteiger partial charge in [-0.2, -0.15) is 0 Å². The predicted octanol–water partition coefficient (Wildman–Crippen LogP) is 3.05. The minimum Gasteiger partial charge on any atom is -0.382 e. The molecule has 2 rings (SSSR count). The van der Waals surface area contributed by atoms with E-state index >= 15 is 0 Å². The first-order valence-electron chi connectivity index (χ1n) is 6.58. The number of anilines is 1. The number of methoxy groups -OCH3 is 1. The van der Waals surface area contributed by atoms with E-state index in [1.807, 2.05) is 0 Å². The van der Waals surface area contributed by atoms with Crippen LogP contribution in [0.15, 0.2) is 18.2 Å². The standard InChI is InChI=1S/C14H18F2N2O2/c1-20-9-14(6-2-3-7-14)18-13(19)17-10-4-5-11(15)12(16)8-10/h4-5,8H,2-3,6-7,9H2,1H3,(H2,17,18,19). The van der Waals surface area contributed by atoms with Gasteiger partial charge in [0.1, 0.15) is 0 Å². The molecule has 0 heterocycles. The number of urea groups is 1. The van der Waals surface area contributed by atoms with Crippen molar-refractivity contribution in [1.82, 2.24) is 5.32 Å². The Morgan fingerprint density at radius 1 is 1.30 bits per heavy atom. The fourth-order valence-corrected chi connectivity index (χ4v) is 2.61. The smallest absolute Gasteiger partial charge is 0.319 e. The molecule has 0 spiro atoms. The third-order valence-electron chi connectivity index (χ3n) is 3.54. The number of ether oxygens (including phenoxy) is 1. The first kappa shape index (κ1) is 14.7. The van der Waals surface area contributed by atoms with Crippen LogP contribution in [0.1, 0.15) is 25.7 Å². The first-order valence-corrected chi connectivity index (χ1v) is 6.58. The summed E-state index contributed by atoms with van der Waals surface area (Å²) in [5, 5.41) is 5.39. The lowest BCUT2D eigenvalue weighted by molar-refractivity contribution is 0.117. The highest BCUT2D eigenvalue weighted by Gasteiger charge is 2.35. The Morgan fingerprint density at radius 3 is 2.60 bits per heavy atom. The molecule has 0 unspecified atom stereocenters. The number of benzene rings is 1. The second-order valence-electron chi connectivity index (χ2n) is 5.13. The molecule has 2 amide bonds. The molecule has 0 radical (unpaired) electrons. The van der Waals surface area contributed by atoms with Gasteiger partial charge in [0.2, 0.25) is 0 Å². The molecule has 4 nitrogen and oxygen atoms in total. The molecule has 1 aromatic rings. The maximum absolute atomic E-state index is 13.1. The molecular weight excluding hydrogens is 266 g/mol. The molecule has 1 aromatic carbocycles. The van der Waals surface area contributed by atoms with E-state index in [0.29, 0.717) is 6.61 Å². The molecule has 0 aromatic heterocycles. The lowest BCUT2D eigenvalue weighted by Gasteiger charge is -2.29. The normalized spacial score (nSPS) is 16.9. The second kappa shape index (κ2) is 6.17. The molecular formula is C14H18F2N2O2. The van der Waals surface area contributed by atoms with Crippen LogP contribution in [0.4, 0.5) is 19.3 Å². The van der Waals surface area contributed by atoms with E-state index in [-0.39, 0.29) is 11.2 Å². The summed E-state index contributed by atoms with van der Waals surface area (Å²) in [6.45, 7) is 0.443. The van der Waals surface area contributed by atoms with E-state index in [2.05, 4.69) is 10.6 Å². The third-order valence-corrected chi connectivity index (χ3v) is 3.54. The topological polar surface area (TPSA) is 50.4 Å². The Hall–Kier alpha value is -1.69. The van der Waals surface area contributed by atoms with Crippen LogP contribution in [-0.2, 0) is 4.74 Å². The Labute approximate surface area is 116 Å². The Morgan fingerprint density at radius 2 is 2.00 bits per heavy atom. The van der Waals surface area contributed by atoms with Crippen LogP contribution in [0.25, 0.3) is 0 Å². The van der Waals surface area contributed by atoms with Gasteiger partial charge >= 0.3 is 6.03 Å². The van der Waals surface area contributed by atoms with E-state index < -0.39 is 17.7 Å². The summed E-state index contributed by atoms with van der Waals surface area (Å²) in [5.74, 6) is -1.93. The molecule has 0 atom stereocenters. The monoisotopic (exact) mass is 284 g/mol. The first-order chi connectivity index (χ1) is 9.54. The maximum Gasteiger partial charge on any atom is 0.319 e. The fourth-order valence-electron chi connectivity index (χ4n) is 2.61. The van der Waals surface area contributed by atoms with Gasteiger partial charge in [0.25, 0.3) is 0 Å². The summed E-state index contributed by atoms with van der Waals surface area (Å²) in [6.07, 6.45) is 3.78. The van der Waals surface area contributed by atoms with Crippen molar-refractivity contribution >= 4 is 11.7 Å². The number of rotatable bonds is 4. The summed E-state index contributed by atoms with van der Waals surface area (Å²) in [6, 6.07) is 2.81. The van der Waals surface area contributed by atoms with Crippen LogP contribution < -0.4 is 10.6 Å². The average molecular weight is 284 g/mol. The molecule has 0 bridgehead atoms. The van der Waals surface area contributed by atoms with Crippen molar-refractivity contribution in [2.24, 2.45) is 0 Å². The van der Waals surface area contributed by atoms with E-state index in [4.69, 9.17) is 4.74 Å². The summed E-state index contributed by atoms with van der Waals surface area (Å²) in [5.41, 5.74) is -0.149. The minimum atomic E-state index is -0.990. The Bertz CT molecular complexity index is 488. The Balaban J connectivity index is 1.99. The maximum atomic E-state index is 13.1. The van der Waals surface area contributed by atoms with Crippen LogP contribution in [0, 0.1) is 11.6 Å². The van der Waals surface area contributed by atoms with E-state index in [1.165, 1.54) is 6.07 Å². The molecule has 0 saturated heterocycles.